The van der Waals surface area contributed by atoms with Crippen molar-refractivity contribution in [3.63, 3.8) is 0 Å². The van der Waals surface area contributed by atoms with Gasteiger partial charge >= 0.3 is 0 Å². The first-order valence-corrected chi connectivity index (χ1v) is 12.6. The lowest BCUT2D eigenvalue weighted by atomic mass is 10.1. The van der Waals surface area contributed by atoms with E-state index in [1.54, 1.807) is 13.2 Å². The summed E-state index contributed by atoms with van der Waals surface area (Å²) in [6.07, 6.45) is 2.70. The summed E-state index contributed by atoms with van der Waals surface area (Å²) in [7, 11) is 7.59. The molecule has 0 radical (unpaired) electrons. The third-order valence-corrected chi connectivity index (χ3v) is 6.18. The van der Waals surface area contributed by atoms with Crippen molar-refractivity contribution < 1.29 is 14.3 Å². The molecule has 0 unspecified atom stereocenters. The van der Waals surface area contributed by atoms with Crippen LogP contribution in [-0.2, 0) is 4.79 Å². The number of rotatable bonds is 10. The van der Waals surface area contributed by atoms with Gasteiger partial charge in [0, 0.05) is 26.2 Å². The molecule has 0 bridgehead atoms. The number of carbonyl (C=O) groups is 1. The molecule has 4 rings (SSSR count). The number of hydrogen-bond acceptors (Lipinski definition) is 10. The van der Waals surface area contributed by atoms with Gasteiger partial charge in [-0.3, -0.25) is 4.79 Å². The van der Waals surface area contributed by atoms with Gasteiger partial charge < -0.3 is 34.8 Å². The number of anilines is 6. The number of carbonyl (C=O) groups excluding carboxylic acids is 1. The molecular weight excluding hydrogens is 496 g/mol. The number of amides is 1. The fourth-order valence-corrected chi connectivity index (χ4v) is 4.24. The van der Waals surface area contributed by atoms with Crippen molar-refractivity contribution in [1.29, 1.82) is 0 Å². The molecule has 0 fully saturated rings. The van der Waals surface area contributed by atoms with Gasteiger partial charge in [0.1, 0.15) is 23.4 Å². The highest BCUT2D eigenvalue weighted by atomic mass is 16.5. The largest absolute Gasteiger partial charge is 0.494 e. The number of benzene rings is 2. The van der Waals surface area contributed by atoms with E-state index >= 15 is 0 Å². The standard InChI is InChI=1S/C28H36N8O3/c1-8-25(37)31-19-15-20(24(38-7)16-22(19)35(6)14-13-34(4)5)32-26-29-18-30-27(33-26)36-17-28(2,3)39-23-12-10-9-11-21(23)36/h8-12,15-16,18H,1,13-14,17H2,2-7H3,(H,31,37)(H,29,30,32,33). The second-order valence-corrected chi connectivity index (χ2v) is 10.1. The topological polar surface area (TPSA) is 108 Å². The second-order valence-electron chi connectivity index (χ2n) is 10.1. The first-order chi connectivity index (χ1) is 18.6. The Balaban J connectivity index is 1.68. The van der Waals surface area contributed by atoms with E-state index in [0.29, 0.717) is 35.6 Å². The Morgan fingerprint density at radius 2 is 1.95 bits per heavy atom. The summed E-state index contributed by atoms with van der Waals surface area (Å²) in [5, 5.41) is 6.15. The van der Waals surface area contributed by atoms with Gasteiger partial charge in [-0.15, -0.1) is 0 Å². The highest BCUT2D eigenvalue weighted by Gasteiger charge is 2.33. The van der Waals surface area contributed by atoms with Crippen molar-refractivity contribution >= 4 is 40.6 Å². The fourth-order valence-electron chi connectivity index (χ4n) is 4.24. The van der Waals surface area contributed by atoms with Gasteiger partial charge in [0.05, 0.1) is 36.4 Å². The number of nitrogens with zero attached hydrogens (tertiary/aromatic N) is 6. The summed E-state index contributed by atoms with van der Waals surface area (Å²) in [4.78, 5) is 31.9. The van der Waals surface area contributed by atoms with Crippen LogP contribution in [0.25, 0.3) is 0 Å². The number of ether oxygens (including phenoxy) is 2. The van der Waals surface area contributed by atoms with Crippen LogP contribution in [0.2, 0.25) is 0 Å². The van der Waals surface area contributed by atoms with Crippen molar-refractivity contribution in [2.45, 2.75) is 19.4 Å². The van der Waals surface area contributed by atoms with E-state index < -0.39 is 5.60 Å². The maximum atomic E-state index is 12.3. The van der Waals surface area contributed by atoms with E-state index in [0.717, 1.165) is 30.2 Å². The summed E-state index contributed by atoms with van der Waals surface area (Å²) in [5.41, 5.74) is 2.43. The molecule has 2 aromatic carbocycles. The predicted molar refractivity (Wildman–Crippen MR) is 155 cm³/mol. The average Bonchev–Trinajstić information content (AvgIpc) is 2.91. The molecule has 0 saturated heterocycles. The van der Waals surface area contributed by atoms with Gasteiger partial charge in [-0.2, -0.15) is 4.98 Å². The Bertz CT molecular complexity index is 1340. The Hall–Kier alpha value is -4.38. The quantitative estimate of drug-likeness (QED) is 0.371. The average molecular weight is 533 g/mol. The van der Waals surface area contributed by atoms with Crippen molar-refractivity contribution in [2.24, 2.45) is 0 Å². The minimum Gasteiger partial charge on any atom is -0.494 e. The molecule has 1 aliphatic heterocycles. The SMILES string of the molecule is C=CC(=O)Nc1cc(Nc2ncnc(N3CC(C)(C)Oc4ccccc43)n2)c(OC)cc1N(C)CCN(C)C. The summed E-state index contributed by atoms with van der Waals surface area (Å²) in [6.45, 7) is 9.77. The molecule has 11 heteroatoms. The molecule has 0 atom stereocenters. The molecule has 2 heterocycles. The third kappa shape index (κ3) is 6.55. The highest BCUT2D eigenvalue weighted by Crippen LogP contribution is 2.41. The predicted octanol–water partition coefficient (Wildman–Crippen LogP) is 4.06. The zero-order valence-corrected chi connectivity index (χ0v) is 23.4. The minimum atomic E-state index is -0.440. The Kier molecular flexibility index (Phi) is 8.20. The van der Waals surface area contributed by atoms with Gasteiger partial charge in [-0.25, -0.2) is 9.97 Å². The lowest BCUT2D eigenvalue weighted by molar-refractivity contribution is -0.111. The zero-order valence-electron chi connectivity index (χ0n) is 23.4. The number of aromatic nitrogens is 3. The van der Waals surface area contributed by atoms with Crippen LogP contribution in [0.15, 0.2) is 55.4 Å². The molecule has 39 heavy (non-hydrogen) atoms. The van der Waals surface area contributed by atoms with Crippen LogP contribution < -0.4 is 29.9 Å². The monoisotopic (exact) mass is 532 g/mol. The first-order valence-electron chi connectivity index (χ1n) is 12.6. The number of fused-ring (bicyclic) bond motifs is 1. The van der Waals surface area contributed by atoms with Crippen molar-refractivity contribution in [1.82, 2.24) is 19.9 Å². The number of likely N-dealkylation sites (N-methyl/N-ethyl adjacent to an activating group) is 2. The van der Waals surface area contributed by atoms with E-state index in [4.69, 9.17) is 14.5 Å². The molecule has 206 valence electrons. The van der Waals surface area contributed by atoms with E-state index in [9.17, 15) is 4.79 Å². The Morgan fingerprint density at radius 3 is 2.67 bits per heavy atom. The van der Waals surface area contributed by atoms with E-state index in [1.807, 2.05) is 70.2 Å². The zero-order chi connectivity index (χ0) is 28.2. The van der Waals surface area contributed by atoms with Crippen LogP contribution in [0.1, 0.15) is 13.8 Å². The van der Waals surface area contributed by atoms with Crippen molar-refractivity contribution in [2.75, 3.05) is 68.3 Å². The normalized spacial score (nSPS) is 13.8. The third-order valence-electron chi connectivity index (χ3n) is 6.18. The van der Waals surface area contributed by atoms with Crippen LogP contribution in [0.4, 0.5) is 34.6 Å². The molecule has 3 aromatic rings. The van der Waals surface area contributed by atoms with Gasteiger partial charge in [0.25, 0.3) is 0 Å². The van der Waals surface area contributed by atoms with Crippen LogP contribution >= 0.6 is 0 Å². The molecule has 11 nitrogen and oxygen atoms in total. The lowest BCUT2D eigenvalue weighted by Crippen LogP contribution is -2.45. The molecule has 0 aliphatic carbocycles. The van der Waals surface area contributed by atoms with E-state index in [2.05, 4.69) is 37.0 Å². The molecule has 2 N–H and O–H groups in total. The van der Waals surface area contributed by atoms with Crippen LogP contribution in [0.5, 0.6) is 11.5 Å². The van der Waals surface area contributed by atoms with Gasteiger partial charge in [0.15, 0.2) is 0 Å². The van der Waals surface area contributed by atoms with Crippen LogP contribution in [0.3, 0.4) is 0 Å². The fraction of sp³-hybridized carbons (Fsp3) is 0.357. The summed E-state index contributed by atoms with van der Waals surface area (Å²) >= 11 is 0. The van der Waals surface area contributed by atoms with Crippen LogP contribution in [-0.4, -0.2) is 79.2 Å². The maximum absolute atomic E-state index is 12.3. The van der Waals surface area contributed by atoms with Crippen molar-refractivity contribution in [3.8, 4) is 11.5 Å². The minimum absolute atomic E-state index is 0.315. The Morgan fingerprint density at radius 1 is 1.18 bits per heavy atom. The summed E-state index contributed by atoms with van der Waals surface area (Å²) in [6, 6.07) is 11.5. The highest BCUT2D eigenvalue weighted by molar-refractivity contribution is 6.02. The first kappa shape index (κ1) is 27.6. The molecule has 1 aromatic heterocycles. The smallest absolute Gasteiger partial charge is 0.247 e. The molecule has 0 saturated carbocycles. The summed E-state index contributed by atoms with van der Waals surface area (Å²) in [5.74, 6) is 1.83. The van der Waals surface area contributed by atoms with E-state index in [-0.39, 0.29) is 5.91 Å². The van der Waals surface area contributed by atoms with Crippen LogP contribution in [0, 0.1) is 0 Å². The molecule has 1 aliphatic rings. The van der Waals surface area contributed by atoms with E-state index in [1.165, 1.54) is 12.4 Å². The van der Waals surface area contributed by atoms with Gasteiger partial charge in [-0.05, 0) is 52.2 Å². The number of methoxy groups -OCH3 is 1. The second kappa shape index (κ2) is 11.6. The molecule has 0 spiro atoms. The molecular formula is C28H36N8O3. The number of hydrogen-bond donors (Lipinski definition) is 2. The lowest BCUT2D eigenvalue weighted by Gasteiger charge is -2.39. The summed E-state index contributed by atoms with van der Waals surface area (Å²) < 4.78 is 11.9. The number of para-hydroxylation sites is 2. The number of nitrogens with one attached hydrogen (secondary N) is 2. The van der Waals surface area contributed by atoms with Gasteiger partial charge in [0.2, 0.25) is 17.8 Å². The Labute approximate surface area is 229 Å². The maximum Gasteiger partial charge on any atom is 0.247 e. The molecule has 1 amide bonds. The van der Waals surface area contributed by atoms with Gasteiger partial charge in [-0.1, -0.05) is 18.7 Å². The van der Waals surface area contributed by atoms with Crippen molar-refractivity contribution in [3.05, 3.63) is 55.4 Å².